The van der Waals surface area contributed by atoms with Gasteiger partial charge in [0, 0.05) is 44.6 Å². The fourth-order valence-corrected chi connectivity index (χ4v) is 3.33. The molecule has 150 valence electrons. The minimum atomic E-state index is -0.239. The maximum Gasteiger partial charge on any atom is 0.409 e. The number of pyridine rings is 1. The molecule has 1 aliphatic rings. The zero-order chi connectivity index (χ0) is 19.6. The molecule has 0 saturated carbocycles. The SMILES string of the molecule is CCCN(CCC)C(=O)c1cncc(NC2CCN(C(=O)OCC)CC2)c1. The summed E-state index contributed by atoms with van der Waals surface area (Å²) in [6.45, 7) is 9.23. The van der Waals surface area contributed by atoms with E-state index in [4.69, 9.17) is 4.74 Å². The van der Waals surface area contributed by atoms with Crippen LogP contribution in [0.1, 0.15) is 56.8 Å². The van der Waals surface area contributed by atoms with Crippen molar-refractivity contribution in [2.45, 2.75) is 52.5 Å². The van der Waals surface area contributed by atoms with Gasteiger partial charge >= 0.3 is 6.09 Å². The van der Waals surface area contributed by atoms with Gasteiger partial charge in [-0.2, -0.15) is 0 Å². The lowest BCUT2D eigenvalue weighted by Crippen LogP contribution is -2.42. The average Bonchev–Trinajstić information content (AvgIpc) is 2.68. The molecule has 0 radical (unpaired) electrons. The fourth-order valence-electron chi connectivity index (χ4n) is 3.33. The predicted octanol–water partition coefficient (Wildman–Crippen LogP) is 3.38. The van der Waals surface area contributed by atoms with Crippen LogP contribution in [-0.2, 0) is 4.74 Å². The lowest BCUT2D eigenvalue weighted by Gasteiger charge is -2.32. The van der Waals surface area contributed by atoms with Crippen molar-refractivity contribution < 1.29 is 14.3 Å². The van der Waals surface area contributed by atoms with Crippen molar-refractivity contribution in [3.8, 4) is 0 Å². The molecule has 1 fully saturated rings. The van der Waals surface area contributed by atoms with Gasteiger partial charge in [0.2, 0.25) is 0 Å². The zero-order valence-electron chi connectivity index (χ0n) is 16.7. The third kappa shape index (κ3) is 6.12. The number of ether oxygens (including phenoxy) is 1. The highest BCUT2D eigenvalue weighted by atomic mass is 16.6. The average molecular weight is 377 g/mol. The largest absolute Gasteiger partial charge is 0.450 e. The van der Waals surface area contributed by atoms with Gasteiger partial charge in [-0.1, -0.05) is 13.8 Å². The summed E-state index contributed by atoms with van der Waals surface area (Å²) in [5, 5.41) is 3.46. The third-order valence-corrected chi connectivity index (χ3v) is 4.65. The molecule has 27 heavy (non-hydrogen) atoms. The number of aromatic nitrogens is 1. The first kappa shape index (κ1) is 21.0. The van der Waals surface area contributed by atoms with E-state index in [0.717, 1.165) is 44.5 Å². The van der Waals surface area contributed by atoms with Gasteiger partial charge in [0.1, 0.15) is 0 Å². The molecule has 7 heteroatoms. The van der Waals surface area contributed by atoms with Gasteiger partial charge in [-0.05, 0) is 38.7 Å². The summed E-state index contributed by atoms with van der Waals surface area (Å²) in [6, 6.07) is 2.14. The van der Waals surface area contributed by atoms with Gasteiger partial charge < -0.3 is 19.9 Å². The lowest BCUT2D eigenvalue weighted by molar-refractivity contribution is 0.0755. The number of anilines is 1. The lowest BCUT2D eigenvalue weighted by atomic mass is 10.0. The first-order valence-electron chi connectivity index (χ1n) is 10.0. The van der Waals surface area contributed by atoms with Crippen LogP contribution in [-0.4, -0.2) is 65.6 Å². The Labute approximate surface area is 162 Å². The molecule has 0 unspecified atom stereocenters. The van der Waals surface area contributed by atoms with E-state index in [0.29, 0.717) is 25.3 Å². The van der Waals surface area contributed by atoms with Gasteiger partial charge in [0.05, 0.1) is 17.9 Å². The first-order valence-corrected chi connectivity index (χ1v) is 10.0. The van der Waals surface area contributed by atoms with Crippen molar-refractivity contribution in [1.29, 1.82) is 0 Å². The van der Waals surface area contributed by atoms with Gasteiger partial charge in [-0.25, -0.2) is 4.79 Å². The maximum atomic E-state index is 12.7. The fraction of sp³-hybridized carbons (Fsp3) is 0.650. The van der Waals surface area contributed by atoms with Crippen molar-refractivity contribution in [1.82, 2.24) is 14.8 Å². The van der Waals surface area contributed by atoms with Gasteiger partial charge in [0.25, 0.3) is 5.91 Å². The molecule has 2 rings (SSSR count). The van der Waals surface area contributed by atoms with Crippen molar-refractivity contribution in [3.63, 3.8) is 0 Å². The van der Waals surface area contributed by atoms with E-state index >= 15 is 0 Å². The summed E-state index contributed by atoms with van der Waals surface area (Å²) in [4.78, 5) is 32.4. The Kier molecular flexibility index (Phi) is 8.36. The number of carbonyl (C=O) groups is 2. The second-order valence-electron chi connectivity index (χ2n) is 6.86. The molecular weight excluding hydrogens is 344 g/mol. The molecule has 0 atom stereocenters. The number of hydrogen-bond acceptors (Lipinski definition) is 5. The first-order chi connectivity index (χ1) is 13.1. The van der Waals surface area contributed by atoms with Crippen molar-refractivity contribution in [2.75, 3.05) is 38.1 Å². The summed E-state index contributed by atoms with van der Waals surface area (Å²) in [5.74, 6) is 0.0342. The van der Waals surface area contributed by atoms with Crippen LogP contribution in [0.3, 0.4) is 0 Å². The van der Waals surface area contributed by atoms with Crippen LogP contribution in [0.4, 0.5) is 10.5 Å². The van der Waals surface area contributed by atoms with Crippen LogP contribution in [0, 0.1) is 0 Å². The van der Waals surface area contributed by atoms with E-state index in [2.05, 4.69) is 24.1 Å². The van der Waals surface area contributed by atoms with Crippen molar-refractivity contribution in [2.24, 2.45) is 0 Å². The van der Waals surface area contributed by atoms with Gasteiger partial charge in [-0.3, -0.25) is 9.78 Å². The quantitative estimate of drug-likeness (QED) is 0.753. The van der Waals surface area contributed by atoms with E-state index in [-0.39, 0.29) is 18.0 Å². The third-order valence-electron chi connectivity index (χ3n) is 4.65. The van der Waals surface area contributed by atoms with E-state index < -0.39 is 0 Å². The monoisotopic (exact) mass is 376 g/mol. The zero-order valence-corrected chi connectivity index (χ0v) is 16.7. The van der Waals surface area contributed by atoms with E-state index in [1.165, 1.54) is 0 Å². The van der Waals surface area contributed by atoms with E-state index in [1.807, 2.05) is 17.9 Å². The molecule has 0 aromatic carbocycles. The second kappa shape index (κ2) is 10.7. The second-order valence-corrected chi connectivity index (χ2v) is 6.86. The van der Waals surface area contributed by atoms with E-state index in [9.17, 15) is 9.59 Å². The summed E-state index contributed by atoms with van der Waals surface area (Å²) >= 11 is 0. The van der Waals surface area contributed by atoms with Crippen molar-refractivity contribution in [3.05, 3.63) is 24.0 Å². The molecule has 1 saturated heterocycles. The Hall–Kier alpha value is -2.31. The number of hydrogen-bond donors (Lipinski definition) is 1. The van der Waals surface area contributed by atoms with Crippen LogP contribution >= 0.6 is 0 Å². The molecule has 0 aliphatic carbocycles. The summed E-state index contributed by atoms with van der Waals surface area (Å²) in [5.41, 5.74) is 1.47. The molecule has 0 bridgehead atoms. The molecule has 1 N–H and O–H groups in total. The van der Waals surface area contributed by atoms with E-state index in [1.54, 1.807) is 17.3 Å². The Morgan fingerprint density at radius 3 is 2.44 bits per heavy atom. The summed E-state index contributed by atoms with van der Waals surface area (Å²) in [7, 11) is 0. The smallest absolute Gasteiger partial charge is 0.409 e. The molecule has 1 aliphatic heterocycles. The maximum absolute atomic E-state index is 12.7. The Balaban J connectivity index is 1.94. The summed E-state index contributed by atoms with van der Waals surface area (Å²) in [6.07, 6.45) is 6.71. The number of rotatable bonds is 8. The van der Waals surface area contributed by atoms with Gasteiger partial charge in [0.15, 0.2) is 0 Å². The van der Waals surface area contributed by atoms with Crippen LogP contribution in [0.2, 0.25) is 0 Å². The number of amides is 2. The van der Waals surface area contributed by atoms with Crippen LogP contribution < -0.4 is 5.32 Å². The molecule has 1 aromatic rings. The minimum Gasteiger partial charge on any atom is -0.450 e. The Morgan fingerprint density at radius 1 is 1.19 bits per heavy atom. The highest BCUT2D eigenvalue weighted by Gasteiger charge is 2.24. The van der Waals surface area contributed by atoms with Crippen LogP contribution in [0.5, 0.6) is 0 Å². The molecule has 0 spiro atoms. The molecule has 1 aromatic heterocycles. The highest BCUT2D eigenvalue weighted by molar-refractivity contribution is 5.94. The van der Waals surface area contributed by atoms with Gasteiger partial charge in [-0.15, -0.1) is 0 Å². The Morgan fingerprint density at radius 2 is 1.85 bits per heavy atom. The normalized spacial score (nSPS) is 14.7. The molecule has 7 nitrogen and oxygen atoms in total. The minimum absolute atomic E-state index is 0.0342. The summed E-state index contributed by atoms with van der Waals surface area (Å²) < 4.78 is 5.05. The molecule has 2 heterocycles. The van der Waals surface area contributed by atoms with Crippen LogP contribution in [0.25, 0.3) is 0 Å². The van der Waals surface area contributed by atoms with Crippen LogP contribution in [0.15, 0.2) is 18.5 Å². The topological polar surface area (TPSA) is 74.8 Å². The van der Waals surface area contributed by atoms with Crippen molar-refractivity contribution >= 4 is 17.7 Å². The highest BCUT2D eigenvalue weighted by Crippen LogP contribution is 2.18. The number of nitrogens with zero attached hydrogens (tertiary/aromatic N) is 3. The predicted molar refractivity (Wildman–Crippen MR) is 106 cm³/mol. The number of piperidine rings is 1. The standard InChI is InChI=1S/C20H32N4O3/c1-4-9-23(10-5-2)19(25)16-13-18(15-21-14-16)22-17-7-11-24(12-8-17)20(26)27-6-3/h13-15,17,22H,4-12H2,1-3H3. The molecule has 2 amide bonds. The number of carbonyl (C=O) groups excluding carboxylic acids is 2. The molecular formula is C20H32N4O3. The Bertz CT molecular complexity index is 609. The number of nitrogens with one attached hydrogen (secondary N) is 1. The number of likely N-dealkylation sites (tertiary alicyclic amines) is 1.